The summed E-state index contributed by atoms with van der Waals surface area (Å²) in [7, 11) is 0. The van der Waals surface area contributed by atoms with E-state index >= 15 is 0 Å². The number of halogens is 2. The van der Waals surface area contributed by atoms with Gasteiger partial charge >= 0.3 is 12.7 Å². The van der Waals surface area contributed by atoms with Crippen LogP contribution in [0.1, 0.15) is 63.8 Å². The molecule has 225 valence electrons. The number of hydrogen-bond acceptors (Lipinski definition) is 9. The molecule has 0 aliphatic carbocycles. The molecule has 1 unspecified atom stereocenters. The maximum absolute atomic E-state index is 13.8. The fourth-order valence-electron chi connectivity index (χ4n) is 4.35. The molecule has 1 fully saturated rings. The monoisotopic (exact) mass is 580 g/mol. The van der Waals surface area contributed by atoms with Crippen molar-refractivity contribution in [2.45, 2.75) is 65.8 Å². The maximum Gasteiger partial charge on any atom is 0.408 e. The van der Waals surface area contributed by atoms with E-state index in [-0.39, 0.29) is 36.0 Å². The third kappa shape index (κ3) is 8.28. The first-order chi connectivity index (χ1) is 19.1. The highest BCUT2D eigenvalue weighted by atomic mass is 19.3. The SMILES string of the molecule is C[C](C)CN1CCN(C(=O)c2nc(-c3ccc(OC(F)F)c(O)c3)oc2[C@H](C)NC(=O)OC(C)(C)C)C(C(N)=O)C1. The summed E-state index contributed by atoms with van der Waals surface area (Å²) in [5.41, 5.74) is 4.82. The number of alkyl halides is 2. The molecule has 0 saturated carbocycles. The van der Waals surface area contributed by atoms with Crippen molar-refractivity contribution in [1.82, 2.24) is 20.1 Å². The van der Waals surface area contributed by atoms with Gasteiger partial charge in [-0.1, -0.05) is 13.8 Å². The van der Waals surface area contributed by atoms with Gasteiger partial charge in [0.15, 0.2) is 23.0 Å². The quantitative estimate of drug-likeness (QED) is 0.403. The van der Waals surface area contributed by atoms with Gasteiger partial charge in [-0.05, 0) is 51.8 Å². The average molecular weight is 581 g/mol. The zero-order valence-electron chi connectivity index (χ0n) is 23.9. The van der Waals surface area contributed by atoms with Crippen molar-refractivity contribution in [3.05, 3.63) is 35.6 Å². The summed E-state index contributed by atoms with van der Waals surface area (Å²) >= 11 is 0. The van der Waals surface area contributed by atoms with Crippen molar-refractivity contribution in [2.24, 2.45) is 5.73 Å². The van der Waals surface area contributed by atoms with Gasteiger partial charge in [0.25, 0.3) is 5.91 Å². The number of alkyl carbamates (subject to hydrolysis) is 1. The molecule has 2 aromatic rings. The zero-order chi connectivity index (χ0) is 30.6. The number of phenols is 1. The van der Waals surface area contributed by atoms with Crippen molar-refractivity contribution in [2.75, 3.05) is 26.2 Å². The minimum atomic E-state index is -3.15. The summed E-state index contributed by atoms with van der Waals surface area (Å²) in [6.07, 6.45) is -0.776. The number of hydrogen-bond donors (Lipinski definition) is 3. The van der Waals surface area contributed by atoms with E-state index < -0.39 is 53.7 Å². The molecule has 4 N–H and O–H groups in total. The topological polar surface area (TPSA) is 160 Å². The van der Waals surface area contributed by atoms with Crippen LogP contribution in [0.5, 0.6) is 11.5 Å². The fourth-order valence-corrected chi connectivity index (χ4v) is 4.35. The molecule has 14 heteroatoms. The highest BCUT2D eigenvalue weighted by Gasteiger charge is 2.38. The molecular weight excluding hydrogens is 544 g/mol. The number of aromatic nitrogens is 1. The number of rotatable bonds is 9. The lowest BCUT2D eigenvalue weighted by Crippen LogP contribution is -2.60. The first-order valence-corrected chi connectivity index (χ1v) is 13.0. The lowest BCUT2D eigenvalue weighted by atomic mass is 10.1. The number of ether oxygens (including phenoxy) is 2. The number of oxazole rings is 1. The predicted octanol–water partition coefficient (Wildman–Crippen LogP) is 3.46. The van der Waals surface area contributed by atoms with Gasteiger partial charge in [0, 0.05) is 31.7 Å². The van der Waals surface area contributed by atoms with E-state index in [9.17, 15) is 28.3 Å². The Morgan fingerprint density at radius 2 is 1.93 bits per heavy atom. The Labute approximate surface area is 236 Å². The number of phenolic OH excluding ortho intramolecular Hbond substituents is 1. The highest BCUT2D eigenvalue weighted by Crippen LogP contribution is 2.34. The second kappa shape index (κ2) is 12.7. The summed E-state index contributed by atoms with van der Waals surface area (Å²) in [5, 5.41) is 12.8. The van der Waals surface area contributed by atoms with Gasteiger partial charge in [-0.2, -0.15) is 8.78 Å². The number of carbonyl (C=O) groups is 3. The van der Waals surface area contributed by atoms with Crippen molar-refractivity contribution in [3.8, 4) is 23.0 Å². The second-order valence-electron chi connectivity index (χ2n) is 11.0. The number of benzene rings is 1. The number of nitrogens with zero attached hydrogens (tertiary/aromatic N) is 3. The van der Waals surface area contributed by atoms with Crippen LogP contribution in [-0.2, 0) is 9.53 Å². The minimum Gasteiger partial charge on any atom is -0.504 e. The summed E-state index contributed by atoms with van der Waals surface area (Å²) in [6, 6.07) is 1.61. The minimum absolute atomic E-state index is 0.0494. The standard InChI is InChI=1S/C27H36F2N5O7/c1-14(2)12-33-9-10-34(17(13-33)22(30)36)24(37)20-21(15(3)31-26(38)41-27(4,5)6)40-23(32-20)16-7-8-19(18(35)11-16)39-25(28)29/h7-8,11,15,17,25,35H,9-10,12-13H2,1-6H3,(H2,30,36)(H,31,38)/t15-,17?/m0/s1. The van der Waals surface area contributed by atoms with Gasteiger partial charge < -0.3 is 34.9 Å². The molecule has 1 radical (unpaired) electrons. The second-order valence-corrected chi connectivity index (χ2v) is 11.0. The summed E-state index contributed by atoms with van der Waals surface area (Å²) in [4.78, 5) is 46.4. The molecule has 0 bridgehead atoms. The highest BCUT2D eigenvalue weighted by molar-refractivity contribution is 5.97. The molecule has 3 rings (SSSR count). The first-order valence-electron chi connectivity index (χ1n) is 13.0. The van der Waals surface area contributed by atoms with Crippen LogP contribution in [0.4, 0.5) is 13.6 Å². The van der Waals surface area contributed by atoms with Crippen LogP contribution in [0.3, 0.4) is 0 Å². The maximum atomic E-state index is 13.8. The summed E-state index contributed by atoms with van der Waals surface area (Å²) in [6.45, 7) is 8.89. The molecule has 41 heavy (non-hydrogen) atoms. The molecule has 2 atom stereocenters. The Morgan fingerprint density at radius 3 is 2.49 bits per heavy atom. The first kappa shape index (κ1) is 31.6. The van der Waals surface area contributed by atoms with Crippen LogP contribution in [0.2, 0.25) is 0 Å². The normalized spacial score (nSPS) is 17.0. The molecule has 1 aromatic carbocycles. The zero-order valence-corrected chi connectivity index (χ0v) is 23.9. The molecule has 0 spiro atoms. The lowest BCUT2D eigenvalue weighted by Gasteiger charge is -2.40. The van der Waals surface area contributed by atoms with Gasteiger partial charge in [0.05, 0.1) is 6.04 Å². The van der Waals surface area contributed by atoms with Gasteiger partial charge in [0.2, 0.25) is 11.8 Å². The van der Waals surface area contributed by atoms with Crippen molar-refractivity contribution in [3.63, 3.8) is 0 Å². The van der Waals surface area contributed by atoms with Gasteiger partial charge in [0.1, 0.15) is 11.6 Å². The van der Waals surface area contributed by atoms with Crippen molar-refractivity contribution < 1.29 is 42.2 Å². The van der Waals surface area contributed by atoms with Crippen molar-refractivity contribution in [1.29, 1.82) is 0 Å². The Kier molecular flexibility index (Phi) is 9.79. The summed E-state index contributed by atoms with van der Waals surface area (Å²) in [5.74, 6) is -1.49. The van der Waals surface area contributed by atoms with Crippen LogP contribution in [0.25, 0.3) is 11.5 Å². The third-order valence-electron chi connectivity index (χ3n) is 6.00. The van der Waals surface area contributed by atoms with Gasteiger partial charge in [-0.25, -0.2) is 9.78 Å². The van der Waals surface area contributed by atoms with Crippen LogP contribution >= 0.6 is 0 Å². The fraction of sp³-hybridized carbons (Fsp3) is 0.519. The van der Waals surface area contributed by atoms with Crippen LogP contribution in [0, 0.1) is 5.92 Å². The number of piperazine rings is 1. The number of carbonyl (C=O) groups excluding carboxylic acids is 3. The van der Waals surface area contributed by atoms with Crippen LogP contribution in [0.15, 0.2) is 22.6 Å². The van der Waals surface area contributed by atoms with Crippen LogP contribution < -0.4 is 15.8 Å². The molecule has 1 aliphatic rings. The van der Waals surface area contributed by atoms with E-state index in [0.29, 0.717) is 13.1 Å². The van der Waals surface area contributed by atoms with Crippen molar-refractivity contribution >= 4 is 17.9 Å². The lowest BCUT2D eigenvalue weighted by molar-refractivity contribution is -0.124. The Hall–Kier alpha value is -3.94. The molecule has 12 nitrogen and oxygen atoms in total. The third-order valence-corrected chi connectivity index (χ3v) is 6.00. The number of primary amides is 1. The van der Waals surface area contributed by atoms with E-state index in [1.165, 1.54) is 11.0 Å². The van der Waals surface area contributed by atoms with E-state index in [1.807, 2.05) is 18.7 Å². The number of amides is 3. The Morgan fingerprint density at radius 1 is 1.24 bits per heavy atom. The molecule has 1 saturated heterocycles. The number of nitrogens with two attached hydrogens (primary N) is 1. The van der Waals surface area contributed by atoms with Gasteiger partial charge in [-0.3, -0.25) is 14.5 Å². The average Bonchev–Trinajstić information content (AvgIpc) is 3.28. The Balaban J connectivity index is 2.00. The number of nitrogens with one attached hydrogen (secondary N) is 1. The van der Waals surface area contributed by atoms with E-state index in [4.69, 9.17) is 14.9 Å². The molecule has 3 amide bonds. The molecule has 1 aromatic heterocycles. The van der Waals surface area contributed by atoms with E-state index in [1.54, 1.807) is 27.7 Å². The molecule has 1 aliphatic heterocycles. The number of aromatic hydroxyl groups is 1. The molecular formula is C27H36F2N5O7. The Bertz CT molecular complexity index is 1260. The van der Waals surface area contributed by atoms with E-state index in [2.05, 4.69) is 15.0 Å². The largest absolute Gasteiger partial charge is 0.504 e. The van der Waals surface area contributed by atoms with Crippen LogP contribution in [-0.4, -0.2) is 82.2 Å². The smallest absolute Gasteiger partial charge is 0.408 e. The molecule has 2 heterocycles. The summed E-state index contributed by atoms with van der Waals surface area (Å²) < 4.78 is 40.7. The predicted molar refractivity (Wildman–Crippen MR) is 143 cm³/mol. The van der Waals surface area contributed by atoms with Gasteiger partial charge in [-0.15, -0.1) is 0 Å². The van der Waals surface area contributed by atoms with E-state index in [0.717, 1.165) is 18.1 Å².